The van der Waals surface area contributed by atoms with Crippen LogP contribution < -0.4 is 11.1 Å². The van der Waals surface area contributed by atoms with E-state index >= 15 is 0 Å². The van der Waals surface area contributed by atoms with Crippen molar-refractivity contribution in [1.29, 1.82) is 0 Å². The highest BCUT2D eigenvalue weighted by atomic mass is 32.1. The van der Waals surface area contributed by atoms with Gasteiger partial charge in [0.2, 0.25) is 0 Å². The van der Waals surface area contributed by atoms with Gasteiger partial charge < -0.3 is 15.8 Å². The molecule has 2 aromatic rings. The summed E-state index contributed by atoms with van der Waals surface area (Å²) in [5.74, 6) is -1.74. The van der Waals surface area contributed by atoms with Crippen LogP contribution in [0.4, 0.5) is 5.00 Å². The Morgan fingerprint density at radius 2 is 1.87 bits per heavy atom. The zero-order valence-electron chi connectivity index (χ0n) is 12.5. The van der Waals surface area contributed by atoms with Crippen LogP contribution in [0.5, 0.6) is 0 Å². The largest absolute Gasteiger partial charge is 0.452 e. The van der Waals surface area contributed by atoms with Crippen LogP contribution in [0.3, 0.4) is 0 Å². The minimum Gasteiger partial charge on any atom is -0.452 e. The number of hydrogen-bond donors (Lipinski definition) is 2. The van der Waals surface area contributed by atoms with E-state index < -0.39 is 24.4 Å². The fourth-order valence-corrected chi connectivity index (χ4v) is 2.66. The van der Waals surface area contributed by atoms with Gasteiger partial charge in [0.25, 0.3) is 11.8 Å². The van der Waals surface area contributed by atoms with Gasteiger partial charge in [-0.2, -0.15) is 0 Å². The zero-order valence-corrected chi connectivity index (χ0v) is 13.3. The van der Waals surface area contributed by atoms with E-state index in [1.807, 2.05) is 19.1 Å². The van der Waals surface area contributed by atoms with Gasteiger partial charge in [-0.3, -0.25) is 9.59 Å². The highest BCUT2D eigenvalue weighted by Gasteiger charge is 2.14. The Kier molecular flexibility index (Phi) is 5.48. The first kappa shape index (κ1) is 16.7. The number of carbonyl (C=O) groups is 3. The first-order chi connectivity index (χ1) is 11.0. The van der Waals surface area contributed by atoms with Crippen LogP contribution in [-0.2, 0) is 16.0 Å². The molecular formula is C16H16N2O4S. The summed E-state index contributed by atoms with van der Waals surface area (Å²) >= 11 is 1.17. The molecule has 0 aliphatic rings. The third-order valence-corrected chi connectivity index (χ3v) is 3.95. The summed E-state index contributed by atoms with van der Waals surface area (Å²) in [5, 5.41) is 4.47. The van der Waals surface area contributed by atoms with Crippen molar-refractivity contribution >= 4 is 34.1 Å². The van der Waals surface area contributed by atoms with Gasteiger partial charge in [0.15, 0.2) is 6.61 Å². The van der Waals surface area contributed by atoms with E-state index in [4.69, 9.17) is 10.5 Å². The molecule has 0 aliphatic carbocycles. The number of benzene rings is 1. The first-order valence-corrected chi connectivity index (χ1v) is 7.82. The van der Waals surface area contributed by atoms with Crippen LogP contribution in [0.1, 0.15) is 33.2 Å². The highest BCUT2D eigenvalue weighted by Crippen LogP contribution is 2.22. The van der Waals surface area contributed by atoms with Crippen LogP contribution in [0, 0.1) is 0 Å². The molecule has 0 aliphatic heterocycles. The van der Waals surface area contributed by atoms with E-state index in [1.165, 1.54) is 17.4 Å². The molecule has 0 spiro atoms. The molecular weight excluding hydrogens is 316 g/mol. The number of anilines is 1. The number of aryl methyl sites for hydroxylation is 1. The number of nitrogens with two attached hydrogens (primary N) is 1. The predicted molar refractivity (Wildman–Crippen MR) is 87.6 cm³/mol. The third kappa shape index (κ3) is 4.40. The second-order valence-electron chi connectivity index (χ2n) is 4.70. The van der Waals surface area contributed by atoms with Gasteiger partial charge in [-0.1, -0.05) is 19.1 Å². The molecule has 0 unspecified atom stereocenters. The maximum Gasteiger partial charge on any atom is 0.338 e. The SMILES string of the molecule is CCc1ccc(C(=O)OCC(=O)Nc2sccc2C(N)=O)cc1. The fourth-order valence-electron chi connectivity index (χ4n) is 1.85. The quantitative estimate of drug-likeness (QED) is 0.792. The lowest BCUT2D eigenvalue weighted by molar-refractivity contribution is -0.119. The minimum atomic E-state index is -0.630. The lowest BCUT2D eigenvalue weighted by Gasteiger charge is -2.06. The summed E-state index contributed by atoms with van der Waals surface area (Å²) in [7, 11) is 0. The summed E-state index contributed by atoms with van der Waals surface area (Å²) in [6.07, 6.45) is 0.876. The Bertz CT molecular complexity index is 722. The van der Waals surface area contributed by atoms with Crippen molar-refractivity contribution in [3.8, 4) is 0 Å². The second-order valence-corrected chi connectivity index (χ2v) is 5.62. The number of thiophene rings is 1. The van der Waals surface area contributed by atoms with Crippen molar-refractivity contribution < 1.29 is 19.1 Å². The van der Waals surface area contributed by atoms with Gasteiger partial charge in [0.05, 0.1) is 11.1 Å². The highest BCUT2D eigenvalue weighted by molar-refractivity contribution is 7.14. The number of nitrogens with one attached hydrogen (secondary N) is 1. The summed E-state index contributed by atoms with van der Waals surface area (Å²) in [4.78, 5) is 34.8. The molecule has 7 heteroatoms. The molecule has 0 radical (unpaired) electrons. The summed E-state index contributed by atoms with van der Waals surface area (Å²) in [6.45, 7) is 1.58. The van der Waals surface area contributed by atoms with E-state index in [0.29, 0.717) is 10.6 Å². The lowest BCUT2D eigenvalue weighted by Crippen LogP contribution is -2.22. The topological polar surface area (TPSA) is 98.5 Å². The molecule has 3 N–H and O–H groups in total. The average molecular weight is 332 g/mol. The van der Waals surface area contributed by atoms with Gasteiger partial charge in [0, 0.05) is 0 Å². The molecule has 0 atom stereocenters. The van der Waals surface area contributed by atoms with E-state index in [9.17, 15) is 14.4 Å². The van der Waals surface area contributed by atoms with Crippen LogP contribution in [0.15, 0.2) is 35.7 Å². The maximum absolute atomic E-state index is 11.9. The van der Waals surface area contributed by atoms with Crippen molar-refractivity contribution in [3.05, 3.63) is 52.4 Å². The van der Waals surface area contributed by atoms with Gasteiger partial charge in [-0.15, -0.1) is 11.3 Å². The molecule has 0 fully saturated rings. The van der Waals surface area contributed by atoms with Gasteiger partial charge >= 0.3 is 5.97 Å². The van der Waals surface area contributed by atoms with Crippen LogP contribution in [0.2, 0.25) is 0 Å². The molecule has 2 rings (SSSR count). The number of carbonyl (C=O) groups excluding carboxylic acids is 3. The number of esters is 1. The predicted octanol–water partition coefficient (Wildman–Crippen LogP) is 2.20. The molecule has 0 bridgehead atoms. The molecule has 120 valence electrons. The number of amides is 2. The molecule has 1 heterocycles. The molecule has 6 nitrogen and oxygen atoms in total. The number of hydrogen-bond acceptors (Lipinski definition) is 5. The fraction of sp³-hybridized carbons (Fsp3) is 0.188. The van der Waals surface area contributed by atoms with Crippen molar-refractivity contribution in [2.24, 2.45) is 5.73 Å². The molecule has 0 saturated heterocycles. The molecule has 2 amide bonds. The Morgan fingerprint density at radius 1 is 1.17 bits per heavy atom. The third-order valence-electron chi connectivity index (χ3n) is 3.12. The molecule has 23 heavy (non-hydrogen) atoms. The van der Waals surface area contributed by atoms with Gasteiger partial charge in [0.1, 0.15) is 5.00 Å². The van der Waals surface area contributed by atoms with Crippen LogP contribution in [0.25, 0.3) is 0 Å². The summed E-state index contributed by atoms with van der Waals surface area (Å²) in [5.41, 5.74) is 6.90. The Hall–Kier alpha value is -2.67. The van der Waals surface area contributed by atoms with Crippen molar-refractivity contribution in [2.45, 2.75) is 13.3 Å². The van der Waals surface area contributed by atoms with Gasteiger partial charge in [-0.25, -0.2) is 4.79 Å². The molecule has 1 aromatic heterocycles. The van der Waals surface area contributed by atoms with E-state index in [2.05, 4.69) is 5.32 Å². The lowest BCUT2D eigenvalue weighted by atomic mass is 10.1. The van der Waals surface area contributed by atoms with Crippen molar-refractivity contribution in [1.82, 2.24) is 0 Å². The van der Waals surface area contributed by atoms with E-state index in [0.717, 1.165) is 12.0 Å². The number of ether oxygens (including phenoxy) is 1. The normalized spacial score (nSPS) is 10.1. The smallest absolute Gasteiger partial charge is 0.338 e. The van der Waals surface area contributed by atoms with Gasteiger partial charge in [-0.05, 0) is 35.6 Å². The molecule has 1 aromatic carbocycles. The van der Waals surface area contributed by atoms with Crippen molar-refractivity contribution in [2.75, 3.05) is 11.9 Å². The first-order valence-electron chi connectivity index (χ1n) is 6.94. The number of primary amides is 1. The van der Waals surface area contributed by atoms with Crippen LogP contribution in [-0.4, -0.2) is 24.4 Å². The average Bonchev–Trinajstić information content (AvgIpc) is 3.01. The summed E-state index contributed by atoms with van der Waals surface area (Å²) in [6, 6.07) is 8.50. The zero-order chi connectivity index (χ0) is 16.8. The molecule has 0 saturated carbocycles. The minimum absolute atomic E-state index is 0.227. The van der Waals surface area contributed by atoms with Crippen LogP contribution >= 0.6 is 11.3 Å². The summed E-state index contributed by atoms with van der Waals surface area (Å²) < 4.78 is 4.95. The van der Waals surface area contributed by atoms with E-state index in [1.54, 1.807) is 17.5 Å². The Balaban J connectivity index is 1.89. The maximum atomic E-state index is 11.9. The monoisotopic (exact) mass is 332 g/mol. The number of rotatable bonds is 6. The Morgan fingerprint density at radius 3 is 2.48 bits per heavy atom. The van der Waals surface area contributed by atoms with E-state index in [-0.39, 0.29) is 5.56 Å². The van der Waals surface area contributed by atoms with Crippen molar-refractivity contribution in [3.63, 3.8) is 0 Å². The Labute approximate surface area is 137 Å². The standard InChI is InChI=1S/C16H16N2O4S/c1-2-10-3-5-11(6-4-10)16(21)22-9-13(19)18-15-12(14(17)20)7-8-23-15/h3-8H,2,9H2,1H3,(H2,17,20)(H,18,19). The second kappa shape index (κ2) is 7.55.